The predicted octanol–water partition coefficient (Wildman–Crippen LogP) is 2.80. The van der Waals surface area contributed by atoms with Gasteiger partial charge in [-0.2, -0.15) is 9.97 Å². The predicted molar refractivity (Wildman–Crippen MR) is 77.2 cm³/mol. The van der Waals surface area contributed by atoms with Gasteiger partial charge in [0.1, 0.15) is 11.3 Å². The second-order valence-electron chi connectivity index (χ2n) is 4.50. The van der Waals surface area contributed by atoms with Gasteiger partial charge in [-0.05, 0) is 31.0 Å². The Labute approximate surface area is 116 Å². The molecule has 0 saturated carbocycles. The van der Waals surface area contributed by atoms with Crippen LogP contribution in [-0.4, -0.2) is 27.0 Å². The van der Waals surface area contributed by atoms with E-state index >= 15 is 0 Å². The van der Waals surface area contributed by atoms with Crippen molar-refractivity contribution in [2.75, 3.05) is 12.4 Å². The van der Waals surface area contributed by atoms with Gasteiger partial charge in [-0.3, -0.25) is 0 Å². The first-order valence-corrected chi connectivity index (χ1v) is 6.32. The zero-order valence-electron chi connectivity index (χ0n) is 11.6. The van der Waals surface area contributed by atoms with Crippen LogP contribution in [0.15, 0.2) is 24.5 Å². The van der Waals surface area contributed by atoms with Crippen LogP contribution in [0.2, 0.25) is 0 Å². The molecule has 0 atom stereocenters. The molecule has 1 aromatic carbocycles. The highest BCUT2D eigenvalue weighted by molar-refractivity contribution is 5.77. The van der Waals surface area contributed by atoms with Gasteiger partial charge in [-0.25, -0.2) is 4.98 Å². The zero-order chi connectivity index (χ0) is 14.1. The van der Waals surface area contributed by atoms with Crippen LogP contribution in [0.1, 0.15) is 11.1 Å². The van der Waals surface area contributed by atoms with Crippen molar-refractivity contribution in [1.29, 1.82) is 0 Å². The van der Waals surface area contributed by atoms with Crippen LogP contribution in [0.4, 0.5) is 5.95 Å². The fourth-order valence-electron chi connectivity index (χ4n) is 1.93. The van der Waals surface area contributed by atoms with Gasteiger partial charge >= 0.3 is 0 Å². The van der Waals surface area contributed by atoms with E-state index in [1.165, 1.54) is 5.56 Å². The van der Waals surface area contributed by atoms with Crippen molar-refractivity contribution in [3.8, 4) is 11.6 Å². The number of aromatic amines is 1. The molecule has 0 amide bonds. The van der Waals surface area contributed by atoms with Gasteiger partial charge in [0.05, 0.1) is 6.33 Å². The number of fused-ring (bicyclic) bond motifs is 1. The second kappa shape index (κ2) is 4.80. The van der Waals surface area contributed by atoms with E-state index in [2.05, 4.69) is 25.3 Å². The molecule has 2 N–H and O–H groups in total. The normalized spacial score (nSPS) is 10.8. The molecule has 102 valence electrons. The van der Waals surface area contributed by atoms with E-state index in [1.807, 2.05) is 32.0 Å². The topological polar surface area (TPSA) is 75.7 Å². The molecule has 2 aromatic heterocycles. The lowest BCUT2D eigenvalue weighted by Crippen LogP contribution is -2.00. The Balaban J connectivity index is 2.10. The molecular weight excluding hydrogens is 254 g/mol. The summed E-state index contributed by atoms with van der Waals surface area (Å²) >= 11 is 0. The van der Waals surface area contributed by atoms with Crippen LogP contribution >= 0.6 is 0 Å². The van der Waals surface area contributed by atoms with Crippen LogP contribution < -0.4 is 10.1 Å². The summed E-state index contributed by atoms with van der Waals surface area (Å²) < 4.78 is 5.94. The molecule has 0 radical (unpaired) electrons. The first-order valence-electron chi connectivity index (χ1n) is 6.32. The van der Waals surface area contributed by atoms with Crippen molar-refractivity contribution in [1.82, 2.24) is 19.9 Å². The van der Waals surface area contributed by atoms with E-state index in [0.29, 0.717) is 23.0 Å². The van der Waals surface area contributed by atoms with Crippen LogP contribution in [0.5, 0.6) is 11.6 Å². The fraction of sp³-hybridized carbons (Fsp3) is 0.214. The maximum Gasteiger partial charge on any atom is 0.250 e. The Morgan fingerprint density at radius 1 is 1.20 bits per heavy atom. The van der Waals surface area contributed by atoms with Crippen molar-refractivity contribution >= 4 is 17.1 Å². The number of anilines is 1. The lowest BCUT2D eigenvalue weighted by Gasteiger charge is -2.10. The summed E-state index contributed by atoms with van der Waals surface area (Å²) in [5.74, 6) is 1.72. The molecule has 6 nitrogen and oxygen atoms in total. The molecule has 3 aromatic rings. The number of ether oxygens (including phenoxy) is 1. The second-order valence-corrected chi connectivity index (χ2v) is 4.50. The third kappa shape index (κ3) is 2.05. The molecule has 0 aliphatic carbocycles. The standard InChI is InChI=1S/C14H15N5O/c1-8-5-4-6-10(9(8)2)20-13-11-12(17-7-16-11)18-14(15-3)19-13/h4-7H,1-3H3,(H2,15,16,17,18,19). The summed E-state index contributed by atoms with van der Waals surface area (Å²) in [7, 11) is 1.76. The molecule has 0 aliphatic heterocycles. The average molecular weight is 269 g/mol. The van der Waals surface area contributed by atoms with Crippen molar-refractivity contribution < 1.29 is 4.74 Å². The van der Waals surface area contributed by atoms with Gasteiger partial charge in [0.15, 0.2) is 5.65 Å². The number of H-pyrrole nitrogens is 1. The lowest BCUT2D eigenvalue weighted by molar-refractivity contribution is 0.464. The molecule has 0 aliphatic rings. The van der Waals surface area contributed by atoms with E-state index < -0.39 is 0 Å². The van der Waals surface area contributed by atoms with E-state index in [1.54, 1.807) is 13.4 Å². The van der Waals surface area contributed by atoms with Crippen molar-refractivity contribution in [2.45, 2.75) is 13.8 Å². The third-order valence-electron chi connectivity index (χ3n) is 3.24. The van der Waals surface area contributed by atoms with E-state index in [0.717, 1.165) is 11.3 Å². The van der Waals surface area contributed by atoms with E-state index in [4.69, 9.17) is 4.74 Å². The van der Waals surface area contributed by atoms with Gasteiger partial charge in [-0.15, -0.1) is 0 Å². The molecule has 6 heteroatoms. The van der Waals surface area contributed by atoms with Gasteiger partial charge in [-0.1, -0.05) is 12.1 Å². The first kappa shape index (κ1) is 12.4. The Morgan fingerprint density at radius 3 is 2.85 bits per heavy atom. The monoisotopic (exact) mass is 269 g/mol. The van der Waals surface area contributed by atoms with Crippen LogP contribution in [0.3, 0.4) is 0 Å². The Bertz CT molecular complexity index is 765. The summed E-state index contributed by atoms with van der Waals surface area (Å²) in [5.41, 5.74) is 3.52. The van der Waals surface area contributed by atoms with E-state index in [9.17, 15) is 0 Å². The zero-order valence-corrected chi connectivity index (χ0v) is 11.6. The Morgan fingerprint density at radius 2 is 2.05 bits per heavy atom. The molecule has 0 fully saturated rings. The Hall–Kier alpha value is -2.63. The molecule has 20 heavy (non-hydrogen) atoms. The van der Waals surface area contributed by atoms with Gasteiger partial charge in [0.2, 0.25) is 5.95 Å². The highest BCUT2D eigenvalue weighted by atomic mass is 16.5. The van der Waals surface area contributed by atoms with Gasteiger partial charge in [0, 0.05) is 7.05 Å². The molecule has 3 rings (SSSR count). The number of hydrogen-bond donors (Lipinski definition) is 2. The van der Waals surface area contributed by atoms with Crippen LogP contribution in [0.25, 0.3) is 11.2 Å². The minimum Gasteiger partial charge on any atom is -0.437 e. The lowest BCUT2D eigenvalue weighted by atomic mass is 10.1. The SMILES string of the molecule is CNc1nc(Oc2cccc(C)c2C)c2[nH]cnc2n1. The summed E-state index contributed by atoms with van der Waals surface area (Å²) in [5, 5.41) is 2.90. The van der Waals surface area contributed by atoms with E-state index in [-0.39, 0.29) is 0 Å². The molecular formula is C14H15N5O. The minimum absolute atomic E-state index is 0.463. The molecule has 2 heterocycles. The number of benzene rings is 1. The third-order valence-corrected chi connectivity index (χ3v) is 3.24. The van der Waals surface area contributed by atoms with Gasteiger partial charge < -0.3 is 15.0 Å². The van der Waals surface area contributed by atoms with Gasteiger partial charge in [0.25, 0.3) is 5.88 Å². The summed E-state index contributed by atoms with van der Waals surface area (Å²) in [6.45, 7) is 4.07. The minimum atomic E-state index is 0.463. The van der Waals surface area contributed by atoms with Crippen LogP contribution in [0, 0.1) is 13.8 Å². The number of nitrogens with zero attached hydrogens (tertiary/aromatic N) is 3. The molecule has 0 saturated heterocycles. The number of nitrogens with one attached hydrogen (secondary N) is 2. The first-order chi connectivity index (χ1) is 9.69. The number of aromatic nitrogens is 4. The maximum absolute atomic E-state index is 5.94. The number of aryl methyl sites for hydroxylation is 1. The quantitative estimate of drug-likeness (QED) is 0.764. The molecule has 0 unspecified atom stereocenters. The summed E-state index contributed by atoms with van der Waals surface area (Å²) in [6, 6.07) is 5.93. The van der Waals surface area contributed by atoms with Crippen molar-refractivity contribution in [3.63, 3.8) is 0 Å². The van der Waals surface area contributed by atoms with Crippen molar-refractivity contribution in [2.24, 2.45) is 0 Å². The van der Waals surface area contributed by atoms with Crippen LogP contribution in [-0.2, 0) is 0 Å². The highest BCUT2D eigenvalue weighted by Gasteiger charge is 2.12. The summed E-state index contributed by atoms with van der Waals surface area (Å²) in [4.78, 5) is 15.7. The number of rotatable bonds is 3. The highest BCUT2D eigenvalue weighted by Crippen LogP contribution is 2.29. The fourth-order valence-corrected chi connectivity index (χ4v) is 1.93. The number of imidazole rings is 1. The average Bonchev–Trinajstić information content (AvgIpc) is 2.92. The molecule has 0 spiro atoms. The summed E-state index contributed by atoms with van der Waals surface area (Å²) in [6.07, 6.45) is 1.58. The smallest absolute Gasteiger partial charge is 0.250 e. The molecule has 0 bridgehead atoms. The Kier molecular flexibility index (Phi) is 2.98. The van der Waals surface area contributed by atoms with Crippen molar-refractivity contribution in [3.05, 3.63) is 35.7 Å². The number of hydrogen-bond acceptors (Lipinski definition) is 5. The maximum atomic E-state index is 5.94. The largest absolute Gasteiger partial charge is 0.437 e.